The summed E-state index contributed by atoms with van der Waals surface area (Å²) < 4.78 is 27.0. The van der Waals surface area contributed by atoms with Crippen LogP contribution in [-0.2, 0) is 10.0 Å². The van der Waals surface area contributed by atoms with Gasteiger partial charge in [0.25, 0.3) is 10.0 Å². The van der Waals surface area contributed by atoms with E-state index in [2.05, 4.69) is 4.72 Å². The molecule has 23 heavy (non-hydrogen) atoms. The lowest BCUT2D eigenvalue weighted by molar-refractivity contribution is 0.481. The average Bonchev–Trinajstić information content (AvgIpc) is 2.55. The van der Waals surface area contributed by atoms with Gasteiger partial charge >= 0.3 is 0 Å². The molecule has 0 bridgehead atoms. The molecule has 0 fully saturated rings. The summed E-state index contributed by atoms with van der Waals surface area (Å²) in [5.41, 5.74) is 1.23. The van der Waals surface area contributed by atoms with E-state index in [4.69, 9.17) is 0 Å². The highest BCUT2D eigenvalue weighted by molar-refractivity contribution is 7.95. The van der Waals surface area contributed by atoms with E-state index >= 15 is 0 Å². The second-order valence-electron chi connectivity index (χ2n) is 5.04. The van der Waals surface area contributed by atoms with Gasteiger partial charge in [0.15, 0.2) is 0 Å². The van der Waals surface area contributed by atoms with Gasteiger partial charge in [-0.05, 0) is 23.8 Å². The Morgan fingerprint density at radius 3 is 2.30 bits per heavy atom. The number of fused-ring (bicyclic) bond motifs is 1. The SMILES string of the molecule is O=S(=O)(/C=C\c1ccccc1)Nc1cccc2c(O)cccc12. The van der Waals surface area contributed by atoms with Crippen molar-refractivity contribution >= 4 is 32.6 Å². The summed E-state index contributed by atoms with van der Waals surface area (Å²) in [5.74, 6) is 0.114. The van der Waals surface area contributed by atoms with Crippen molar-refractivity contribution in [2.45, 2.75) is 0 Å². The molecule has 3 aromatic carbocycles. The molecule has 2 N–H and O–H groups in total. The lowest BCUT2D eigenvalue weighted by atomic mass is 10.1. The molecule has 0 aromatic heterocycles. The zero-order valence-electron chi connectivity index (χ0n) is 12.2. The van der Waals surface area contributed by atoms with Crippen molar-refractivity contribution in [2.75, 3.05) is 4.72 Å². The topological polar surface area (TPSA) is 66.4 Å². The largest absolute Gasteiger partial charge is 0.507 e. The predicted octanol–water partition coefficient (Wildman–Crippen LogP) is 3.96. The van der Waals surface area contributed by atoms with Crippen molar-refractivity contribution in [3.63, 3.8) is 0 Å². The average molecular weight is 325 g/mol. The Labute approximate surface area is 134 Å². The molecule has 3 rings (SSSR count). The van der Waals surface area contributed by atoms with Crippen LogP contribution in [-0.4, -0.2) is 13.5 Å². The Balaban J connectivity index is 1.92. The maximum absolute atomic E-state index is 12.2. The summed E-state index contributed by atoms with van der Waals surface area (Å²) >= 11 is 0. The third-order valence-corrected chi connectivity index (χ3v) is 4.39. The lowest BCUT2D eigenvalue weighted by Gasteiger charge is -2.09. The third kappa shape index (κ3) is 3.52. The van der Waals surface area contributed by atoms with Gasteiger partial charge < -0.3 is 5.11 Å². The predicted molar refractivity (Wildman–Crippen MR) is 93.6 cm³/mol. The molecule has 5 heteroatoms. The number of aromatic hydroxyl groups is 1. The van der Waals surface area contributed by atoms with Crippen molar-refractivity contribution in [1.82, 2.24) is 0 Å². The Morgan fingerprint density at radius 1 is 0.826 bits per heavy atom. The number of phenolic OH excluding ortho intramolecular Hbond substituents is 1. The fraction of sp³-hybridized carbons (Fsp3) is 0. The number of phenols is 1. The Kier molecular flexibility index (Phi) is 4.04. The van der Waals surface area contributed by atoms with Crippen molar-refractivity contribution in [3.8, 4) is 5.75 Å². The lowest BCUT2D eigenvalue weighted by Crippen LogP contribution is -2.09. The number of rotatable bonds is 4. The smallest absolute Gasteiger partial charge is 0.255 e. The van der Waals surface area contributed by atoms with Gasteiger partial charge in [0, 0.05) is 10.8 Å². The van der Waals surface area contributed by atoms with Gasteiger partial charge in [-0.25, -0.2) is 8.42 Å². The van der Waals surface area contributed by atoms with Crippen LogP contribution in [0, 0.1) is 0 Å². The summed E-state index contributed by atoms with van der Waals surface area (Å²) in [6.07, 6.45) is 1.53. The number of hydrogen-bond acceptors (Lipinski definition) is 3. The van der Waals surface area contributed by atoms with Crippen molar-refractivity contribution in [3.05, 3.63) is 77.7 Å². The highest BCUT2D eigenvalue weighted by atomic mass is 32.2. The summed E-state index contributed by atoms with van der Waals surface area (Å²) in [4.78, 5) is 0. The maximum atomic E-state index is 12.2. The van der Waals surface area contributed by atoms with E-state index in [1.807, 2.05) is 30.3 Å². The summed E-state index contributed by atoms with van der Waals surface area (Å²) in [5, 5.41) is 12.2. The van der Waals surface area contributed by atoms with E-state index in [9.17, 15) is 13.5 Å². The molecule has 0 aliphatic rings. The highest BCUT2D eigenvalue weighted by Crippen LogP contribution is 2.30. The number of sulfonamides is 1. The molecular formula is C18H15NO3S. The molecule has 0 saturated carbocycles. The van der Waals surface area contributed by atoms with Gasteiger partial charge in [0.2, 0.25) is 0 Å². The van der Waals surface area contributed by atoms with Crippen molar-refractivity contribution < 1.29 is 13.5 Å². The van der Waals surface area contributed by atoms with Crippen LogP contribution >= 0.6 is 0 Å². The Hall–Kier alpha value is -2.79. The summed E-state index contributed by atoms with van der Waals surface area (Å²) in [7, 11) is -3.65. The minimum Gasteiger partial charge on any atom is -0.507 e. The quantitative estimate of drug-likeness (QED) is 0.763. The summed E-state index contributed by atoms with van der Waals surface area (Å²) in [6, 6.07) is 19.3. The van der Waals surface area contributed by atoms with Gasteiger partial charge in [-0.2, -0.15) is 0 Å². The molecule has 0 aliphatic carbocycles. The molecule has 0 atom stereocenters. The van der Waals surface area contributed by atoms with Gasteiger partial charge in [-0.1, -0.05) is 54.6 Å². The van der Waals surface area contributed by atoms with Gasteiger partial charge in [0.1, 0.15) is 5.75 Å². The van der Waals surface area contributed by atoms with Gasteiger partial charge in [-0.15, -0.1) is 0 Å². The van der Waals surface area contributed by atoms with Gasteiger partial charge in [-0.3, -0.25) is 4.72 Å². The molecule has 0 spiro atoms. The van der Waals surface area contributed by atoms with Gasteiger partial charge in [0.05, 0.1) is 11.1 Å². The fourth-order valence-corrected chi connectivity index (χ4v) is 3.19. The first kappa shape index (κ1) is 15.1. The van der Waals surface area contributed by atoms with E-state index in [0.29, 0.717) is 16.5 Å². The third-order valence-electron chi connectivity index (χ3n) is 3.39. The zero-order valence-corrected chi connectivity index (χ0v) is 13.0. The highest BCUT2D eigenvalue weighted by Gasteiger charge is 2.09. The van der Waals surface area contributed by atoms with Crippen LogP contribution < -0.4 is 4.72 Å². The number of benzene rings is 3. The van der Waals surface area contributed by atoms with Crippen LogP contribution in [0.4, 0.5) is 5.69 Å². The second kappa shape index (κ2) is 6.14. The molecule has 0 radical (unpaired) electrons. The van der Waals surface area contributed by atoms with Crippen LogP contribution in [0.3, 0.4) is 0 Å². The normalized spacial score (nSPS) is 11.8. The zero-order chi connectivity index (χ0) is 16.3. The van der Waals surface area contributed by atoms with Crippen LogP contribution in [0.2, 0.25) is 0 Å². The first-order valence-corrected chi connectivity index (χ1v) is 8.56. The standard InChI is InChI=1S/C18H15NO3S/c20-18-11-5-8-15-16(18)9-4-10-17(15)19-23(21,22)13-12-14-6-2-1-3-7-14/h1-13,19-20H/b13-12-. The Morgan fingerprint density at radius 2 is 1.52 bits per heavy atom. The van der Waals surface area contributed by atoms with E-state index in [0.717, 1.165) is 11.0 Å². The van der Waals surface area contributed by atoms with Crippen LogP contribution in [0.25, 0.3) is 16.8 Å². The molecule has 3 aromatic rings. The second-order valence-corrected chi connectivity index (χ2v) is 6.60. The molecule has 0 aliphatic heterocycles. The Bertz CT molecular complexity index is 964. The van der Waals surface area contributed by atoms with E-state index in [1.54, 1.807) is 36.4 Å². The molecule has 116 valence electrons. The molecule has 0 unspecified atom stereocenters. The van der Waals surface area contributed by atoms with Crippen LogP contribution in [0.15, 0.2) is 72.1 Å². The monoisotopic (exact) mass is 325 g/mol. The van der Waals surface area contributed by atoms with Crippen LogP contribution in [0.5, 0.6) is 5.75 Å². The molecule has 0 heterocycles. The van der Waals surface area contributed by atoms with E-state index in [-0.39, 0.29) is 5.75 Å². The molecule has 0 saturated heterocycles. The fourth-order valence-electron chi connectivity index (χ4n) is 2.30. The molecular weight excluding hydrogens is 310 g/mol. The first-order chi connectivity index (χ1) is 11.1. The first-order valence-electron chi connectivity index (χ1n) is 7.02. The molecule has 4 nitrogen and oxygen atoms in total. The number of nitrogens with one attached hydrogen (secondary N) is 1. The number of hydrogen-bond donors (Lipinski definition) is 2. The van der Waals surface area contributed by atoms with Crippen molar-refractivity contribution in [1.29, 1.82) is 0 Å². The minimum absolute atomic E-state index is 0.114. The summed E-state index contributed by atoms with van der Waals surface area (Å²) in [6.45, 7) is 0. The minimum atomic E-state index is -3.65. The maximum Gasteiger partial charge on any atom is 0.255 e. The van der Waals surface area contributed by atoms with E-state index in [1.165, 1.54) is 6.08 Å². The van der Waals surface area contributed by atoms with E-state index < -0.39 is 10.0 Å². The van der Waals surface area contributed by atoms with Crippen molar-refractivity contribution in [2.24, 2.45) is 0 Å². The number of anilines is 1. The van der Waals surface area contributed by atoms with Crippen LogP contribution in [0.1, 0.15) is 5.56 Å². The molecule has 0 amide bonds.